The van der Waals surface area contributed by atoms with Crippen LogP contribution in [0.1, 0.15) is 29.9 Å². The minimum Gasteiger partial charge on any atom is -0.435 e. The average Bonchev–Trinajstić information content (AvgIpc) is 3.00. The van der Waals surface area contributed by atoms with Crippen LogP contribution in [0.5, 0.6) is 5.75 Å². The molecule has 2 atom stereocenters. The molecule has 1 amide bonds. The Morgan fingerprint density at radius 1 is 1.33 bits per heavy atom. The number of carbonyl (C=O) groups excluding carboxylic acids is 1. The summed E-state index contributed by atoms with van der Waals surface area (Å²) in [4.78, 5) is 19.0. The van der Waals surface area contributed by atoms with Crippen LogP contribution in [0.15, 0.2) is 29.6 Å². The van der Waals surface area contributed by atoms with Crippen molar-refractivity contribution >= 4 is 22.4 Å². The highest BCUT2D eigenvalue weighted by Gasteiger charge is 2.22. The van der Waals surface area contributed by atoms with Gasteiger partial charge >= 0.3 is 6.61 Å². The lowest BCUT2D eigenvalue weighted by Crippen LogP contribution is -2.44. The lowest BCUT2D eigenvalue weighted by atomic mass is 10.2. The number of ether oxygens (including phenoxy) is 2. The van der Waals surface area contributed by atoms with E-state index in [9.17, 15) is 13.6 Å². The van der Waals surface area contributed by atoms with Crippen LogP contribution in [0.4, 0.5) is 13.9 Å². The second-order valence-corrected chi connectivity index (χ2v) is 7.31. The van der Waals surface area contributed by atoms with E-state index in [0.29, 0.717) is 17.2 Å². The number of benzene rings is 1. The molecule has 0 saturated carbocycles. The van der Waals surface area contributed by atoms with Crippen molar-refractivity contribution in [2.75, 3.05) is 18.4 Å². The number of morpholine rings is 1. The number of hydrogen-bond donors (Lipinski definition) is 1. The number of halogens is 2. The Kier molecular flexibility index (Phi) is 6.35. The Hall–Kier alpha value is -2.10. The summed E-state index contributed by atoms with van der Waals surface area (Å²) in [7, 11) is 0. The number of rotatable bonds is 6. The molecule has 1 saturated heterocycles. The Balaban J connectivity index is 1.56. The van der Waals surface area contributed by atoms with Crippen LogP contribution >= 0.6 is 11.3 Å². The zero-order valence-electron chi connectivity index (χ0n) is 15.0. The first kappa shape index (κ1) is 19.7. The molecule has 0 bridgehead atoms. The summed E-state index contributed by atoms with van der Waals surface area (Å²) in [6, 6.07) is 5.51. The third-order valence-corrected chi connectivity index (χ3v) is 4.80. The smallest absolute Gasteiger partial charge is 0.387 e. The summed E-state index contributed by atoms with van der Waals surface area (Å²) in [6.07, 6.45) is 0.368. The van der Waals surface area contributed by atoms with Crippen molar-refractivity contribution in [1.82, 2.24) is 9.88 Å². The van der Waals surface area contributed by atoms with Crippen molar-refractivity contribution in [2.24, 2.45) is 0 Å². The molecule has 3 rings (SSSR count). The number of thiazole rings is 1. The van der Waals surface area contributed by atoms with Gasteiger partial charge in [-0.25, -0.2) is 4.98 Å². The van der Waals surface area contributed by atoms with Crippen molar-refractivity contribution < 1.29 is 23.0 Å². The first-order valence-electron chi connectivity index (χ1n) is 8.57. The molecule has 1 fully saturated rings. The molecule has 1 aromatic heterocycles. The molecule has 1 N–H and O–H groups in total. The molecular weight excluding hydrogens is 376 g/mol. The zero-order valence-corrected chi connectivity index (χ0v) is 15.8. The van der Waals surface area contributed by atoms with E-state index in [0.717, 1.165) is 18.8 Å². The zero-order chi connectivity index (χ0) is 19.4. The second kappa shape index (κ2) is 8.73. The van der Waals surface area contributed by atoms with Gasteiger partial charge in [-0.15, -0.1) is 11.3 Å². The van der Waals surface area contributed by atoms with Crippen LogP contribution in [0.25, 0.3) is 0 Å². The molecule has 0 radical (unpaired) electrons. The average molecular weight is 397 g/mol. The molecular formula is C18H21F2N3O3S. The van der Waals surface area contributed by atoms with E-state index < -0.39 is 6.61 Å². The lowest BCUT2D eigenvalue weighted by molar-refractivity contribution is -0.0707. The quantitative estimate of drug-likeness (QED) is 0.807. The van der Waals surface area contributed by atoms with Crippen LogP contribution < -0.4 is 10.1 Å². The number of nitrogens with one attached hydrogen (secondary N) is 1. The van der Waals surface area contributed by atoms with Gasteiger partial charge in [-0.2, -0.15) is 8.78 Å². The maximum atomic E-state index is 12.3. The summed E-state index contributed by atoms with van der Waals surface area (Å²) in [5, 5.41) is 5.14. The number of alkyl halides is 2. The second-order valence-electron chi connectivity index (χ2n) is 6.45. The normalized spacial score (nSPS) is 20.6. The van der Waals surface area contributed by atoms with Crippen LogP contribution in [0.3, 0.4) is 0 Å². The van der Waals surface area contributed by atoms with Crippen molar-refractivity contribution in [2.45, 2.75) is 39.2 Å². The summed E-state index contributed by atoms with van der Waals surface area (Å²) in [5.74, 6) is -0.347. The van der Waals surface area contributed by atoms with Gasteiger partial charge in [0.2, 0.25) is 0 Å². The maximum absolute atomic E-state index is 12.3. The van der Waals surface area contributed by atoms with E-state index in [1.54, 1.807) is 0 Å². The van der Waals surface area contributed by atoms with Crippen molar-refractivity contribution in [1.29, 1.82) is 0 Å². The van der Waals surface area contributed by atoms with Gasteiger partial charge in [0.25, 0.3) is 5.91 Å². The summed E-state index contributed by atoms with van der Waals surface area (Å²) in [6.45, 7) is 3.59. The van der Waals surface area contributed by atoms with Crippen molar-refractivity contribution in [3.8, 4) is 5.75 Å². The monoisotopic (exact) mass is 397 g/mol. The van der Waals surface area contributed by atoms with Gasteiger partial charge in [-0.05, 0) is 38.1 Å². The van der Waals surface area contributed by atoms with Gasteiger partial charge < -0.3 is 9.47 Å². The predicted octanol–water partition coefficient (Wildman–Crippen LogP) is 3.61. The van der Waals surface area contributed by atoms with Gasteiger partial charge in [0.1, 0.15) is 5.75 Å². The van der Waals surface area contributed by atoms with Crippen LogP contribution in [-0.4, -0.2) is 47.7 Å². The largest absolute Gasteiger partial charge is 0.435 e. The molecule has 27 heavy (non-hydrogen) atoms. The third kappa shape index (κ3) is 5.69. The fourth-order valence-corrected chi connectivity index (χ4v) is 3.73. The van der Waals surface area contributed by atoms with Crippen LogP contribution in [-0.2, 0) is 11.3 Å². The third-order valence-electron chi connectivity index (χ3n) is 3.99. The van der Waals surface area contributed by atoms with E-state index in [-0.39, 0.29) is 23.9 Å². The highest BCUT2D eigenvalue weighted by atomic mass is 32.1. The fraction of sp³-hybridized carbons (Fsp3) is 0.444. The van der Waals surface area contributed by atoms with Crippen molar-refractivity contribution in [3.63, 3.8) is 0 Å². The van der Waals surface area contributed by atoms with Crippen molar-refractivity contribution in [3.05, 3.63) is 40.9 Å². The molecule has 2 aromatic rings. The van der Waals surface area contributed by atoms with E-state index >= 15 is 0 Å². The van der Waals surface area contributed by atoms with Gasteiger partial charge in [0.05, 0.1) is 17.9 Å². The molecule has 0 spiro atoms. The first-order chi connectivity index (χ1) is 12.9. The van der Waals surface area contributed by atoms with E-state index in [1.165, 1.54) is 35.6 Å². The van der Waals surface area contributed by atoms with Gasteiger partial charge in [0.15, 0.2) is 5.13 Å². The predicted molar refractivity (Wildman–Crippen MR) is 98.4 cm³/mol. The minimum atomic E-state index is -2.89. The molecule has 9 heteroatoms. The van der Waals surface area contributed by atoms with E-state index in [2.05, 4.69) is 19.9 Å². The highest BCUT2D eigenvalue weighted by molar-refractivity contribution is 7.13. The molecule has 1 aliphatic heterocycles. The minimum absolute atomic E-state index is 0.00653. The Morgan fingerprint density at radius 3 is 2.63 bits per heavy atom. The fourth-order valence-electron chi connectivity index (χ4n) is 3.04. The Labute approximate surface area is 160 Å². The molecule has 146 valence electrons. The summed E-state index contributed by atoms with van der Waals surface area (Å²) < 4.78 is 34.3. The molecule has 6 nitrogen and oxygen atoms in total. The van der Waals surface area contributed by atoms with E-state index in [4.69, 9.17) is 4.74 Å². The van der Waals surface area contributed by atoms with Gasteiger partial charge in [0, 0.05) is 30.6 Å². The topological polar surface area (TPSA) is 63.7 Å². The molecule has 0 aliphatic carbocycles. The molecule has 1 aliphatic rings. The Bertz CT molecular complexity index is 759. The number of nitrogens with zero attached hydrogens (tertiary/aromatic N) is 2. The number of carbonyl (C=O) groups is 1. The van der Waals surface area contributed by atoms with Crippen LogP contribution in [0.2, 0.25) is 0 Å². The van der Waals surface area contributed by atoms with Gasteiger partial charge in [-0.1, -0.05) is 0 Å². The standard InChI is InChI=1S/C18H21F2N3O3S/c1-11-7-23(8-12(2)25-11)9-14-10-27-18(21-14)22-16(24)13-3-5-15(6-4-13)26-17(19)20/h3-6,10-12,17H,7-9H2,1-2H3,(H,21,22,24)/t11-,12+. The number of hydrogen-bond acceptors (Lipinski definition) is 6. The van der Waals surface area contributed by atoms with Gasteiger partial charge in [-0.3, -0.25) is 15.0 Å². The number of amides is 1. The number of aromatic nitrogens is 1. The summed E-state index contributed by atoms with van der Waals surface area (Å²) in [5.41, 5.74) is 1.22. The molecule has 0 unspecified atom stereocenters. The first-order valence-corrected chi connectivity index (χ1v) is 9.45. The lowest BCUT2D eigenvalue weighted by Gasteiger charge is -2.34. The highest BCUT2D eigenvalue weighted by Crippen LogP contribution is 2.21. The molecule has 1 aromatic carbocycles. The SMILES string of the molecule is C[C@@H]1CN(Cc2csc(NC(=O)c3ccc(OC(F)F)cc3)n2)C[C@H](C)O1. The Morgan fingerprint density at radius 2 is 2.00 bits per heavy atom. The summed E-state index contributed by atoms with van der Waals surface area (Å²) >= 11 is 1.35. The molecule has 2 heterocycles. The maximum Gasteiger partial charge on any atom is 0.387 e. The van der Waals surface area contributed by atoms with Crippen LogP contribution in [0, 0.1) is 0 Å². The van der Waals surface area contributed by atoms with E-state index in [1.807, 2.05) is 19.2 Å². The number of anilines is 1.